The maximum absolute atomic E-state index is 2.40. The van der Waals surface area contributed by atoms with Gasteiger partial charge in [-0.25, -0.2) is 0 Å². The molecule has 0 atom stereocenters. The van der Waals surface area contributed by atoms with Crippen molar-refractivity contribution >= 4 is 0 Å². The van der Waals surface area contributed by atoms with Gasteiger partial charge in [-0.3, -0.25) is 0 Å². The number of rotatable bonds is 2. The van der Waals surface area contributed by atoms with Crippen molar-refractivity contribution in [3.05, 3.63) is 71.9 Å². The fourth-order valence-electron chi connectivity index (χ4n) is 3.93. The molecule has 0 bridgehead atoms. The summed E-state index contributed by atoms with van der Waals surface area (Å²) in [6.45, 7) is 4.55. The summed E-state index contributed by atoms with van der Waals surface area (Å²) in [4.78, 5) is 0. The molecule has 3 aliphatic rings. The maximum atomic E-state index is 2.40. The fraction of sp³-hybridized carbons (Fsp3) is 0.455. The van der Waals surface area contributed by atoms with Gasteiger partial charge in [-0.1, -0.05) is 93.9 Å². The van der Waals surface area contributed by atoms with E-state index in [1.165, 1.54) is 43.3 Å². The Morgan fingerprint density at radius 1 is 0.773 bits per heavy atom. The summed E-state index contributed by atoms with van der Waals surface area (Å²) in [5.74, 6) is 0. The van der Waals surface area contributed by atoms with Crippen LogP contribution in [0.2, 0.25) is 0 Å². The lowest BCUT2D eigenvalue weighted by Crippen LogP contribution is -2.28. The Morgan fingerprint density at radius 2 is 1.50 bits per heavy atom. The average molecular weight is 292 g/mol. The van der Waals surface area contributed by atoms with E-state index in [2.05, 4.69) is 74.6 Å². The van der Waals surface area contributed by atoms with E-state index in [1.807, 2.05) is 0 Å². The molecule has 1 saturated carbocycles. The van der Waals surface area contributed by atoms with Crippen molar-refractivity contribution in [2.24, 2.45) is 10.8 Å². The molecule has 116 valence electrons. The van der Waals surface area contributed by atoms with E-state index in [0.717, 1.165) is 6.42 Å². The Hall–Kier alpha value is -1.56. The minimum atomic E-state index is 0.154. The Kier molecular flexibility index (Phi) is 4.38. The Labute approximate surface area is 135 Å². The monoisotopic (exact) mass is 292 g/mol. The van der Waals surface area contributed by atoms with Crippen molar-refractivity contribution < 1.29 is 0 Å². The highest BCUT2D eigenvalue weighted by Gasteiger charge is 2.37. The summed E-state index contributed by atoms with van der Waals surface area (Å²) in [7, 11) is 0. The van der Waals surface area contributed by atoms with Gasteiger partial charge >= 0.3 is 0 Å². The molecule has 3 aliphatic carbocycles. The minimum absolute atomic E-state index is 0.154. The second-order valence-corrected chi connectivity index (χ2v) is 7.47. The highest BCUT2D eigenvalue weighted by atomic mass is 14.4. The number of allylic oxidation sites excluding steroid dienone is 12. The van der Waals surface area contributed by atoms with Gasteiger partial charge in [-0.15, -0.1) is 0 Å². The third-order valence-electron chi connectivity index (χ3n) is 5.29. The molecule has 0 heteroatoms. The van der Waals surface area contributed by atoms with Crippen molar-refractivity contribution in [2.75, 3.05) is 0 Å². The van der Waals surface area contributed by atoms with Gasteiger partial charge in [0.1, 0.15) is 0 Å². The quantitative estimate of drug-likeness (QED) is 0.548. The van der Waals surface area contributed by atoms with Crippen LogP contribution >= 0.6 is 0 Å². The van der Waals surface area contributed by atoms with Crippen LogP contribution in [0.25, 0.3) is 0 Å². The van der Waals surface area contributed by atoms with Gasteiger partial charge in [0, 0.05) is 10.8 Å². The predicted octanol–water partition coefficient (Wildman–Crippen LogP) is 6.46. The van der Waals surface area contributed by atoms with Gasteiger partial charge in [0.15, 0.2) is 0 Å². The fourth-order valence-corrected chi connectivity index (χ4v) is 3.93. The normalized spacial score (nSPS) is 26.1. The third kappa shape index (κ3) is 3.11. The van der Waals surface area contributed by atoms with Crippen molar-refractivity contribution in [1.82, 2.24) is 0 Å². The topological polar surface area (TPSA) is 0 Å². The third-order valence-corrected chi connectivity index (χ3v) is 5.29. The predicted molar refractivity (Wildman–Crippen MR) is 96.6 cm³/mol. The molecule has 0 heterocycles. The van der Waals surface area contributed by atoms with E-state index in [9.17, 15) is 0 Å². The lowest BCUT2D eigenvalue weighted by Gasteiger charge is -2.40. The standard InChI is InChI=1S/C22H28/c1-21(2)15-10-13-20(14-18-21)22(16-8-5-9-17-22)19-11-6-3-4-7-12-19/h3,6-7,10-15,18H,4-5,8-9,16-17H2,1-2H3. The van der Waals surface area contributed by atoms with Gasteiger partial charge in [-0.2, -0.15) is 0 Å². The summed E-state index contributed by atoms with van der Waals surface area (Å²) < 4.78 is 0. The van der Waals surface area contributed by atoms with Gasteiger partial charge < -0.3 is 0 Å². The highest BCUT2D eigenvalue weighted by molar-refractivity contribution is 5.47. The highest BCUT2D eigenvalue weighted by Crippen LogP contribution is 2.50. The largest absolute Gasteiger partial charge is 0.0807 e. The van der Waals surface area contributed by atoms with Gasteiger partial charge in [-0.05, 0) is 30.4 Å². The van der Waals surface area contributed by atoms with Crippen LogP contribution < -0.4 is 0 Å². The lowest BCUT2D eigenvalue weighted by atomic mass is 9.64. The first-order chi connectivity index (χ1) is 10.6. The molecule has 0 aromatic rings. The zero-order valence-corrected chi connectivity index (χ0v) is 14.0. The summed E-state index contributed by atoms with van der Waals surface area (Å²) in [6, 6.07) is 0. The van der Waals surface area contributed by atoms with Crippen LogP contribution in [0.5, 0.6) is 0 Å². The minimum Gasteiger partial charge on any atom is -0.0807 e. The zero-order valence-electron chi connectivity index (χ0n) is 14.0. The van der Waals surface area contributed by atoms with Crippen LogP contribution in [-0.4, -0.2) is 0 Å². The molecule has 0 spiro atoms. The van der Waals surface area contributed by atoms with E-state index < -0.39 is 0 Å². The van der Waals surface area contributed by atoms with Gasteiger partial charge in [0.05, 0.1) is 0 Å². The van der Waals surface area contributed by atoms with E-state index in [4.69, 9.17) is 0 Å². The summed E-state index contributed by atoms with van der Waals surface area (Å²) in [6.07, 6.45) is 30.9. The summed E-state index contributed by atoms with van der Waals surface area (Å²) in [5.41, 5.74) is 3.37. The molecule has 0 amide bonds. The molecule has 0 nitrogen and oxygen atoms in total. The van der Waals surface area contributed by atoms with E-state index in [-0.39, 0.29) is 10.8 Å². The van der Waals surface area contributed by atoms with Crippen molar-refractivity contribution in [3.63, 3.8) is 0 Å². The molecule has 0 unspecified atom stereocenters. The van der Waals surface area contributed by atoms with E-state index >= 15 is 0 Å². The van der Waals surface area contributed by atoms with Crippen LogP contribution in [0.3, 0.4) is 0 Å². The summed E-state index contributed by atoms with van der Waals surface area (Å²) in [5, 5.41) is 0. The molecule has 22 heavy (non-hydrogen) atoms. The van der Waals surface area contributed by atoms with Crippen LogP contribution in [0.1, 0.15) is 52.4 Å². The van der Waals surface area contributed by atoms with Gasteiger partial charge in [0.2, 0.25) is 0 Å². The first-order valence-electron chi connectivity index (χ1n) is 8.76. The SMILES string of the molecule is CC1(C)C=CC=C(C2(C3=CC=CCC=C3)CCCCC2)C=C1. The molecule has 0 aromatic heterocycles. The molecular formula is C22H28. The van der Waals surface area contributed by atoms with Crippen molar-refractivity contribution in [1.29, 1.82) is 0 Å². The first-order valence-corrected chi connectivity index (χ1v) is 8.76. The number of hydrogen-bond acceptors (Lipinski definition) is 0. The average Bonchev–Trinajstić information content (AvgIpc) is 2.89. The van der Waals surface area contributed by atoms with Crippen molar-refractivity contribution in [2.45, 2.75) is 52.4 Å². The Morgan fingerprint density at radius 3 is 2.32 bits per heavy atom. The smallest absolute Gasteiger partial charge is 0.0202 e. The zero-order chi connectivity index (χ0) is 15.5. The van der Waals surface area contributed by atoms with Gasteiger partial charge in [0.25, 0.3) is 0 Å². The molecule has 0 aliphatic heterocycles. The second-order valence-electron chi connectivity index (χ2n) is 7.47. The Bertz CT molecular complexity index is 582. The molecule has 1 fully saturated rings. The molecular weight excluding hydrogens is 264 g/mol. The van der Waals surface area contributed by atoms with Crippen LogP contribution in [-0.2, 0) is 0 Å². The van der Waals surface area contributed by atoms with E-state index in [1.54, 1.807) is 0 Å². The maximum Gasteiger partial charge on any atom is 0.0202 e. The first kappa shape index (κ1) is 15.3. The van der Waals surface area contributed by atoms with Crippen molar-refractivity contribution in [3.8, 4) is 0 Å². The van der Waals surface area contributed by atoms with Crippen LogP contribution in [0.4, 0.5) is 0 Å². The van der Waals surface area contributed by atoms with Crippen LogP contribution in [0, 0.1) is 10.8 Å². The molecule has 3 rings (SSSR count). The molecule has 0 radical (unpaired) electrons. The second kappa shape index (κ2) is 6.28. The molecule has 0 aromatic carbocycles. The molecule has 0 N–H and O–H groups in total. The van der Waals surface area contributed by atoms with E-state index in [0.29, 0.717) is 0 Å². The number of hydrogen-bond donors (Lipinski definition) is 0. The lowest BCUT2D eigenvalue weighted by molar-refractivity contribution is 0.300. The Balaban J connectivity index is 2.03. The summed E-state index contributed by atoms with van der Waals surface area (Å²) >= 11 is 0. The molecule has 0 saturated heterocycles. The van der Waals surface area contributed by atoms with Crippen LogP contribution in [0.15, 0.2) is 71.9 Å².